The van der Waals surface area contributed by atoms with Crippen LogP contribution in [0.25, 0.3) is 0 Å². The molecule has 138 valence electrons. The first-order valence-corrected chi connectivity index (χ1v) is 8.83. The fraction of sp³-hybridized carbons (Fsp3) is 0.824. The largest absolute Gasteiger partial charge is 0.480 e. The number of aliphatic carboxylic acids is 1. The molecular formula is C17H31N3O4. The Labute approximate surface area is 144 Å². The first kappa shape index (κ1) is 20.4. The number of carbonyl (C=O) groups is 3. The van der Waals surface area contributed by atoms with Gasteiger partial charge in [0, 0.05) is 0 Å². The molecule has 0 aromatic heterocycles. The number of carboxylic acids is 1. The molecule has 0 aromatic carbocycles. The lowest BCUT2D eigenvalue weighted by Gasteiger charge is -2.27. The minimum absolute atomic E-state index is 0.0798. The summed E-state index contributed by atoms with van der Waals surface area (Å²) in [7, 11) is 0. The molecule has 0 saturated carbocycles. The maximum atomic E-state index is 12.6. The Bertz CT molecular complexity index is 447. The van der Waals surface area contributed by atoms with E-state index >= 15 is 0 Å². The fourth-order valence-corrected chi connectivity index (χ4v) is 2.82. The normalized spacial score (nSPS) is 21.1. The average Bonchev–Trinajstić information content (AvgIpc) is 3.04. The summed E-state index contributed by atoms with van der Waals surface area (Å²) in [5.41, 5.74) is 0. The number of hydrogen-bond acceptors (Lipinski definition) is 4. The molecule has 0 aliphatic carbocycles. The Hall–Kier alpha value is -1.63. The molecule has 0 unspecified atom stereocenters. The molecule has 4 atom stereocenters. The van der Waals surface area contributed by atoms with Crippen LogP contribution < -0.4 is 16.0 Å². The van der Waals surface area contributed by atoms with Gasteiger partial charge in [-0.25, -0.2) is 4.79 Å². The molecule has 0 bridgehead atoms. The predicted molar refractivity (Wildman–Crippen MR) is 91.4 cm³/mol. The first-order chi connectivity index (χ1) is 11.3. The van der Waals surface area contributed by atoms with Gasteiger partial charge in [0.15, 0.2) is 0 Å². The highest BCUT2D eigenvalue weighted by molar-refractivity contribution is 5.92. The molecular weight excluding hydrogens is 310 g/mol. The number of hydrogen-bond donors (Lipinski definition) is 4. The summed E-state index contributed by atoms with van der Waals surface area (Å²) >= 11 is 0. The third-order valence-electron chi connectivity index (χ3n) is 4.49. The van der Waals surface area contributed by atoms with Crippen molar-refractivity contribution < 1.29 is 19.5 Å². The molecule has 7 nitrogen and oxygen atoms in total. The monoisotopic (exact) mass is 341 g/mol. The van der Waals surface area contributed by atoms with Crippen LogP contribution in [0.15, 0.2) is 0 Å². The Morgan fingerprint density at radius 2 is 1.88 bits per heavy atom. The summed E-state index contributed by atoms with van der Waals surface area (Å²) in [6.07, 6.45) is 2.75. The molecule has 7 heteroatoms. The zero-order valence-electron chi connectivity index (χ0n) is 15.1. The summed E-state index contributed by atoms with van der Waals surface area (Å²) in [5.74, 6) is -1.61. The van der Waals surface area contributed by atoms with E-state index < -0.39 is 24.0 Å². The van der Waals surface area contributed by atoms with Crippen molar-refractivity contribution in [2.24, 2.45) is 11.8 Å². The van der Waals surface area contributed by atoms with Crippen molar-refractivity contribution in [1.29, 1.82) is 0 Å². The van der Waals surface area contributed by atoms with Gasteiger partial charge in [0.1, 0.15) is 12.1 Å². The van der Waals surface area contributed by atoms with Gasteiger partial charge < -0.3 is 21.1 Å². The van der Waals surface area contributed by atoms with Crippen LogP contribution in [0.4, 0.5) is 0 Å². The van der Waals surface area contributed by atoms with Crippen molar-refractivity contribution in [1.82, 2.24) is 16.0 Å². The first-order valence-electron chi connectivity index (χ1n) is 8.83. The van der Waals surface area contributed by atoms with Crippen molar-refractivity contribution >= 4 is 17.8 Å². The maximum absolute atomic E-state index is 12.6. The van der Waals surface area contributed by atoms with Gasteiger partial charge in [-0.05, 0) is 37.6 Å². The molecule has 1 fully saturated rings. The van der Waals surface area contributed by atoms with Crippen LogP contribution in [0.2, 0.25) is 0 Å². The predicted octanol–water partition coefficient (Wildman–Crippen LogP) is 0.885. The van der Waals surface area contributed by atoms with E-state index in [-0.39, 0.29) is 23.8 Å². The lowest BCUT2D eigenvalue weighted by atomic mass is 9.96. The summed E-state index contributed by atoms with van der Waals surface area (Å²) in [6, 6.07) is -1.93. The summed E-state index contributed by atoms with van der Waals surface area (Å²) in [5, 5.41) is 17.8. The van der Waals surface area contributed by atoms with E-state index in [1.54, 1.807) is 0 Å². The second-order valence-corrected chi connectivity index (χ2v) is 7.05. The molecule has 4 N–H and O–H groups in total. The SMILES string of the molecule is CC[C@H](C)[C@H](NC(=O)[C@@H]1CCCN1)C(=O)N[C@@H](CC(C)C)C(=O)O. The highest BCUT2D eigenvalue weighted by atomic mass is 16.4. The van der Waals surface area contributed by atoms with Gasteiger partial charge in [-0.3, -0.25) is 9.59 Å². The number of rotatable bonds is 9. The fourth-order valence-electron chi connectivity index (χ4n) is 2.82. The van der Waals surface area contributed by atoms with Crippen molar-refractivity contribution in [3.8, 4) is 0 Å². The zero-order chi connectivity index (χ0) is 18.3. The van der Waals surface area contributed by atoms with E-state index in [1.165, 1.54) is 0 Å². The second-order valence-electron chi connectivity index (χ2n) is 7.05. The second kappa shape index (κ2) is 9.61. The van der Waals surface area contributed by atoms with Gasteiger partial charge in [-0.15, -0.1) is 0 Å². The Morgan fingerprint density at radius 3 is 2.33 bits per heavy atom. The molecule has 1 aliphatic rings. The molecule has 1 saturated heterocycles. The minimum atomic E-state index is -1.05. The van der Waals surface area contributed by atoms with Gasteiger partial charge in [-0.1, -0.05) is 34.1 Å². The minimum Gasteiger partial charge on any atom is -0.480 e. The van der Waals surface area contributed by atoms with E-state index in [0.717, 1.165) is 19.4 Å². The zero-order valence-corrected chi connectivity index (χ0v) is 15.1. The van der Waals surface area contributed by atoms with E-state index in [2.05, 4.69) is 16.0 Å². The maximum Gasteiger partial charge on any atom is 0.326 e. The topological polar surface area (TPSA) is 108 Å². The lowest BCUT2D eigenvalue weighted by molar-refractivity contribution is -0.143. The number of amides is 2. The van der Waals surface area contributed by atoms with Crippen LogP contribution in [0, 0.1) is 11.8 Å². The van der Waals surface area contributed by atoms with Crippen LogP contribution in [0.5, 0.6) is 0 Å². The van der Waals surface area contributed by atoms with Crippen LogP contribution in [0.3, 0.4) is 0 Å². The Kier molecular flexibility index (Phi) is 8.18. The van der Waals surface area contributed by atoms with Gasteiger partial charge in [-0.2, -0.15) is 0 Å². The standard InChI is InChI=1S/C17H31N3O4/c1-5-11(4)14(20-15(21)12-7-6-8-18-12)16(22)19-13(17(23)24)9-10(2)3/h10-14,18H,5-9H2,1-4H3,(H,19,22)(H,20,21)(H,23,24)/t11-,12-,13-,14-/m0/s1. The molecule has 2 amide bonds. The van der Waals surface area contributed by atoms with Crippen molar-refractivity contribution in [3.05, 3.63) is 0 Å². The Balaban J connectivity index is 2.76. The van der Waals surface area contributed by atoms with Crippen LogP contribution >= 0.6 is 0 Å². The summed E-state index contributed by atoms with van der Waals surface area (Å²) in [4.78, 5) is 36.2. The van der Waals surface area contributed by atoms with E-state index in [9.17, 15) is 19.5 Å². The van der Waals surface area contributed by atoms with Crippen molar-refractivity contribution in [2.75, 3.05) is 6.54 Å². The highest BCUT2D eigenvalue weighted by Crippen LogP contribution is 2.12. The van der Waals surface area contributed by atoms with Gasteiger partial charge in [0.05, 0.1) is 6.04 Å². The van der Waals surface area contributed by atoms with Crippen molar-refractivity contribution in [3.63, 3.8) is 0 Å². The smallest absolute Gasteiger partial charge is 0.326 e. The number of carbonyl (C=O) groups excluding carboxylic acids is 2. The number of nitrogens with one attached hydrogen (secondary N) is 3. The van der Waals surface area contributed by atoms with Crippen LogP contribution in [-0.2, 0) is 14.4 Å². The summed E-state index contributed by atoms with van der Waals surface area (Å²) in [6.45, 7) is 8.43. The molecule has 1 aliphatic heterocycles. The van der Waals surface area contributed by atoms with Crippen LogP contribution in [-0.4, -0.2) is 47.6 Å². The molecule has 0 radical (unpaired) electrons. The molecule has 1 heterocycles. The lowest BCUT2D eigenvalue weighted by Crippen LogP contribution is -2.56. The third-order valence-corrected chi connectivity index (χ3v) is 4.49. The molecule has 0 aromatic rings. The summed E-state index contributed by atoms with van der Waals surface area (Å²) < 4.78 is 0. The van der Waals surface area contributed by atoms with E-state index in [0.29, 0.717) is 12.8 Å². The number of carboxylic acid groups (broad SMARTS) is 1. The molecule has 1 rings (SSSR count). The van der Waals surface area contributed by atoms with Crippen molar-refractivity contribution in [2.45, 2.75) is 71.5 Å². The van der Waals surface area contributed by atoms with Gasteiger partial charge in [0.2, 0.25) is 11.8 Å². The molecule has 24 heavy (non-hydrogen) atoms. The van der Waals surface area contributed by atoms with E-state index in [4.69, 9.17) is 0 Å². The Morgan fingerprint density at radius 1 is 1.21 bits per heavy atom. The highest BCUT2D eigenvalue weighted by Gasteiger charge is 2.32. The van der Waals surface area contributed by atoms with Gasteiger partial charge in [0.25, 0.3) is 0 Å². The third kappa shape index (κ3) is 6.11. The van der Waals surface area contributed by atoms with Crippen LogP contribution in [0.1, 0.15) is 53.4 Å². The quantitative estimate of drug-likeness (QED) is 0.498. The average molecular weight is 341 g/mol. The van der Waals surface area contributed by atoms with E-state index in [1.807, 2.05) is 27.7 Å². The van der Waals surface area contributed by atoms with Gasteiger partial charge >= 0.3 is 5.97 Å². The molecule has 0 spiro atoms.